The maximum absolute atomic E-state index is 14.0. The van der Waals surface area contributed by atoms with Crippen LogP contribution in [-0.2, 0) is 38.2 Å². The van der Waals surface area contributed by atoms with Crippen LogP contribution in [0.1, 0.15) is 23.6 Å². The Morgan fingerprint density at radius 3 is 2.28 bits per heavy atom. The average molecular weight is 449 g/mol. The van der Waals surface area contributed by atoms with Gasteiger partial charge in [0.05, 0.1) is 23.0 Å². The van der Waals surface area contributed by atoms with Crippen LogP contribution in [0.25, 0.3) is 0 Å². The van der Waals surface area contributed by atoms with E-state index in [4.69, 9.17) is 0 Å². The van der Waals surface area contributed by atoms with E-state index < -0.39 is 21.6 Å². The Labute approximate surface area is 187 Å². The van der Waals surface area contributed by atoms with Crippen LogP contribution in [-0.4, -0.2) is 21.8 Å². The maximum atomic E-state index is 14.0. The van der Waals surface area contributed by atoms with Crippen molar-refractivity contribution in [3.05, 3.63) is 95.3 Å². The van der Waals surface area contributed by atoms with Crippen molar-refractivity contribution in [2.45, 2.75) is 24.8 Å². The van der Waals surface area contributed by atoms with Gasteiger partial charge in [0, 0.05) is 11.3 Å². The number of nitrogens with zero attached hydrogens (tertiary/aromatic N) is 2. The molecule has 1 fully saturated rings. The van der Waals surface area contributed by atoms with E-state index in [-0.39, 0.29) is 24.0 Å². The van der Waals surface area contributed by atoms with Gasteiger partial charge in [-0.1, -0.05) is 49.4 Å². The number of fused-ring (bicyclic) bond motifs is 2. The highest BCUT2D eigenvalue weighted by atomic mass is 32.2. The Bertz CT molecular complexity index is 1240. The van der Waals surface area contributed by atoms with Crippen molar-refractivity contribution in [2.24, 2.45) is 0 Å². The lowest BCUT2D eigenvalue weighted by Gasteiger charge is -2.32. The van der Waals surface area contributed by atoms with Gasteiger partial charge in [-0.2, -0.15) is 0 Å². The Hall–Kier alpha value is -3.32. The Morgan fingerprint density at radius 2 is 1.59 bits per heavy atom. The molecular weight excluding hydrogens is 427 g/mol. The van der Waals surface area contributed by atoms with E-state index in [0.717, 1.165) is 17.5 Å². The molecule has 5 nitrogen and oxygen atoms in total. The summed E-state index contributed by atoms with van der Waals surface area (Å²) in [5.74, 6) is -1.34. The van der Waals surface area contributed by atoms with E-state index in [1.807, 2.05) is 25.1 Å². The highest BCUT2D eigenvalue weighted by Crippen LogP contribution is 2.51. The molecule has 0 aliphatic carbocycles. The highest BCUT2D eigenvalue weighted by Gasteiger charge is 2.65. The van der Waals surface area contributed by atoms with Crippen LogP contribution in [0.5, 0.6) is 0 Å². The third-order valence-corrected chi connectivity index (χ3v) is 7.85. The molecule has 2 aliphatic heterocycles. The smallest absolute Gasteiger partial charge is 0.271 e. The number of hydrogen-bond donors (Lipinski definition) is 0. The van der Waals surface area contributed by atoms with Crippen molar-refractivity contribution in [1.29, 1.82) is 0 Å². The summed E-state index contributed by atoms with van der Waals surface area (Å²) in [6, 6.07) is 20.5. The molecule has 2 amide bonds. The zero-order valence-corrected chi connectivity index (χ0v) is 18.3. The minimum Gasteiger partial charge on any atom is -0.304 e. The largest absolute Gasteiger partial charge is 0.304 e. The van der Waals surface area contributed by atoms with Crippen LogP contribution in [0.4, 0.5) is 15.8 Å². The van der Waals surface area contributed by atoms with Gasteiger partial charge in [-0.3, -0.25) is 18.7 Å². The van der Waals surface area contributed by atoms with Crippen molar-refractivity contribution in [3.8, 4) is 0 Å². The molecule has 32 heavy (non-hydrogen) atoms. The normalized spacial score (nSPS) is 22.1. The third kappa shape index (κ3) is 2.92. The predicted molar refractivity (Wildman–Crippen MR) is 122 cm³/mol. The van der Waals surface area contributed by atoms with Crippen LogP contribution in [0.15, 0.2) is 72.8 Å². The van der Waals surface area contributed by atoms with Crippen LogP contribution in [0.3, 0.4) is 0 Å². The molecule has 2 atom stereocenters. The summed E-state index contributed by atoms with van der Waals surface area (Å²) in [5, 5.41) is 0. The molecule has 7 heteroatoms. The summed E-state index contributed by atoms with van der Waals surface area (Å²) in [5.41, 5.74) is 3.55. The minimum absolute atomic E-state index is 0.186. The third-order valence-electron chi connectivity index (χ3n) is 6.10. The van der Waals surface area contributed by atoms with Gasteiger partial charge in [-0.15, -0.1) is 0 Å². The number of para-hydroxylation sites is 1. The Morgan fingerprint density at radius 1 is 0.938 bits per heavy atom. The fourth-order valence-electron chi connectivity index (χ4n) is 4.53. The number of hydrogen-bond acceptors (Lipinski definition) is 3. The highest BCUT2D eigenvalue weighted by molar-refractivity contribution is 7.88. The molecule has 0 radical (unpaired) electrons. The first kappa shape index (κ1) is 20.6. The molecule has 3 aromatic carbocycles. The SMILES string of the molecule is CCc1ccc(N2C(=O)CS(=O)C23C(=O)N(Cc2ccc(F)cc2)c2ccccc23)cc1. The number of amides is 2. The lowest BCUT2D eigenvalue weighted by atomic mass is 10.0. The van der Waals surface area contributed by atoms with Gasteiger partial charge < -0.3 is 4.90 Å². The maximum Gasteiger partial charge on any atom is 0.271 e. The summed E-state index contributed by atoms with van der Waals surface area (Å²) in [7, 11) is -1.77. The van der Waals surface area contributed by atoms with E-state index in [1.165, 1.54) is 17.0 Å². The number of carbonyl (C=O) groups is 2. The molecule has 0 bridgehead atoms. The van der Waals surface area contributed by atoms with Crippen molar-refractivity contribution in [3.63, 3.8) is 0 Å². The average Bonchev–Trinajstić information content (AvgIpc) is 3.21. The summed E-state index contributed by atoms with van der Waals surface area (Å²) in [6.45, 7) is 2.22. The molecule has 0 saturated carbocycles. The molecule has 0 aromatic heterocycles. The van der Waals surface area contributed by atoms with Gasteiger partial charge in [-0.25, -0.2) is 4.39 Å². The molecule has 5 rings (SSSR count). The number of aryl methyl sites for hydroxylation is 1. The summed E-state index contributed by atoms with van der Waals surface area (Å²) < 4.78 is 26.9. The van der Waals surface area contributed by atoms with E-state index in [1.54, 1.807) is 47.4 Å². The number of rotatable bonds is 4. The summed E-state index contributed by atoms with van der Waals surface area (Å²) in [4.78, 5) is 28.4. The number of anilines is 2. The predicted octanol–water partition coefficient (Wildman–Crippen LogP) is 3.88. The van der Waals surface area contributed by atoms with Crippen LogP contribution in [0, 0.1) is 5.82 Å². The van der Waals surface area contributed by atoms with Gasteiger partial charge in [0.1, 0.15) is 11.6 Å². The lowest BCUT2D eigenvalue weighted by Crippen LogP contribution is -2.52. The number of halogens is 1. The topological polar surface area (TPSA) is 57.7 Å². The van der Waals surface area contributed by atoms with E-state index in [9.17, 15) is 18.2 Å². The molecule has 2 aliphatic rings. The second-order valence-corrected chi connectivity index (χ2v) is 9.49. The molecule has 2 heterocycles. The van der Waals surface area contributed by atoms with Crippen molar-refractivity contribution >= 4 is 34.0 Å². The van der Waals surface area contributed by atoms with E-state index in [0.29, 0.717) is 16.9 Å². The first-order chi connectivity index (χ1) is 15.5. The summed E-state index contributed by atoms with van der Waals surface area (Å²) >= 11 is 0. The molecule has 1 saturated heterocycles. The molecule has 2 unspecified atom stereocenters. The van der Waals surface area contributed by atoms with E-state index in [2.05, 4.69) is 0 Å². The van der Waals surface area contributed by atoms with Gasteiger partial charge in [0.2, 0.25) is 10.8 Å². The molecule has 3 aromatic rings. The van der Waals surface area contributed by atoms with Gasteiger partial charge in [0.15, 0.2) is 0 Å². The number of carbonyl (C=O) groups excluding carboxylic acids is 2. The van der Waals surface area contributed by atoms with Crippen molar-refractivity contribution in [1.82, 2.24) is 0 Å². The second-order valence-electron chi connectivity index (χ2n) is 7.92. The van der Waals surface area contributed by atoms with Gasteiger partial charge >= 0.3 is 0 Å². The molecular formula is C25H21FN2O3S. The zero-order valence-electron chi connectivity index (χ0n) is 17.5. The monoisotopic (exact) mass is 448 g/mol. The van der Waals surface area contributed by atoms with Gasteiger partial charge in [-0.05, 0) is 47.9 Å². The number of benzene rings is 3. The fourth-order valence-corrected chi connectivity index (χ4v) is 6.23. The Balaban J connectivity index is 1.65. The van der Waals surface area contributed by atoms with Crippen LogP contribution >= 0.6 is 0 Å². The minimum atomic E-state index is -1.77. The Kier molecular flexibility index (Phi) is 4.93. The lowest BCUT2D eigenvalue weighted by molar-refractivity contribution is -0.123. The molecule has 1 spiro atoms. The quantitative estimate of drug-likeness (QED) is 0.609. The first-order valence-corrected chi connectivity index (χ1v) is 11.7. The van der Waals surface area contributed by atoms with Gasteiger partial charge in [0.25, 0.3) is 5.91 Å². The van der Waals surface area contributed by atoms with Crippen molar-refractivity contribution < 1.29 is 18.2 Å². The first-order valence-electron chi connectivity index (χ1n) is 10.4. The second kappa shape index (κ2) is 7.67. The van der Waals surface area contributed by atoms with Crippen LogP contribution in [0.2, 0.25) is 0 Å². The van der Waals surface area contributed by atoms with E-state index >= 15 is 0 Å². The molecule has 162 valence electrons. The standard InChI is InChI=1S/C25H21FN2O3S/c1-2-17-9-13-20(14-10-17)28-23(29)16-32(31)25(28)21-5-3-4-6-22(21)27(24(25)30)15-18-7-11-19(26)12-8-18/h3-14H,2,15-16H2,1H3. The molecule has 0 N–H and O–H groups in total. The van der Waals surface area contributed by atoms with Crippen molar-refractivity contribution in [2.75, 3.05) is 15.6 Å². The zero-order chi connectivity index (χ0) is 22.5. The summed E-state index contributed by atoms with van der Waals surface area (Å²) in [6.07, 6.45) is 0.846. The van der Waals surface area contributed by atoms with Crippen LogP contribution < -0.4 is 9.80 Å². The fraction of sp³-hybridized carbons (Fsp3) is 0.200.